The highest BCUT2D eigenvalue weighted by Gasteiger charge is 2.24. The Morgan fingerprint density at radius 1 is 1.22 bits per heavy atom. The molecule has 4 rings (SSSR count). The van der Waals surface area contributed by atoms with E-state index in [1.165, 1.54) is 0 Å². The average molecular weight is 365 g/mol. The van der Waals surface area contributed by atoms with Crippen molar-refractivity contribution < 1.29 is 4.74 Å². The van der Waals surface area contributed by atoms with Crippen LogP contribution in [0.4, 0.5) is 0 Å². The minimum atomic E-state index is -0.111. The fraction of sp³-hybridized carbons (Fsp3) is 0.400. The Balaban J connectivity index is 1.70. The van der Waals surface area contributed by atoms with Gasteiger partial charge in [-0.1, -0.05) is 30.3 Å². The van der Waals surface area contributed by atoms with Crippen LogP contribution in [0.15, 0.2) is 35.1 Å². The Kier molecular flexibility index (Phi) is 4.85. The summed E-state index contributed by atoms with van der Waals surface area (Å²) in [5, 5.41) is 4.75. The molecule has 140 valence electrons. The molecule has 1 N–H and O–H groups in total. The SMILES string of the molecule is Cc1nc(C)c(Cc2nc([C@@H]3CCOC3)nn2Cc2ccccc2)c(=O)[nH]1. The molecule has 7 nitrogen and oxygen atoms in total. The molecule has 0 spiro atoms. The van der Waals surface area contributed by atoms with Crippen LogP contribution in [-0.2, 0) is 17.7 Å². The summed E-state index contributed by atoms with van der Waals surface area (Å²) in [6.45, 7) is 5.66. The zero-order valence-electron chi connectivity index (χ0n) is 15.6. The maximum atomic E-state index is 12.4. The van der Waals surface area contributed by atoms with Gasteiger partial charge in [-0.05, 0) is 25.8 Å². The zero-order valence-corrected chi connectivity index (χ0v) is 15.6. The summed E-state index contributed by atoms with van der Waals surface area (Å²) in [5.74, 6) is 2.42. The summed E-state index contributed by atoms with van der Waals surface area (Å²) < 4.78 is 7.40. The van der Waals surface area contributed by atoms with Crippen molar-refractivity contribution in [1.29, 1.82) is 0 Å². The third-order valence-electron chi connectivity index (χ3n) is 4.91. The van der Waals surface area contributed by atoms with Gasteiger partial charge in [-0.2, -0.15) is 5.10 Å². The van der Waals surface area contributed by atoms with Crippen LogP contribution in [0.1, 0.15) is 46.6 Å². The van der Waals surface area contributed by atoms with Crippen LogP contribution in [0.2, 0.25) is 0 Å². The lowest BCUT2D eigenvalue weighted by molar-refractivity contribution is 0.193. The van der Waals surface area contributed by atoms with Gasteiger partial charge >= 0.3 is 0 Å². The summed E-state index contributed by atoms with van der Waals surface area (Å²) in [6.07, 6.45) is 1.34. The van der Waals surface area contributed by atoms with E-state index < -0.39 is 0 Å². The fourth-order valence-electron chi connectivity index (χ4n) is 3.44. The number of aromatic nitrogens is 5. The summed E-state index contributed by atoms with van der Waals surface area (Å²) in [7, 11) is 0. The molecule has 1 fully saturated rings. The Morgan fingerprint density at radius 3 is 2.74 bits per heavy atom. The van der Waals surface area contributed by atoms with Crippen molar-refractivity contribution in [1.82, 2.24) is 24.7 Å². The molecule has 1 saturated heterocycles. The van der Waals surface area contributed by atoms with Crippen LogP contribution in [0, 0.1) is 13.8 Å². The first kappa shape index (κ1) is 17.6. The average Bonchev–Trinajstić information content (AvgIpc) is 3.29. The van der Waals surface area contributed by atoms with Crippen LogP contribution in [0.5, 0.6) is 0 Å². The predicted molar refractivity (Wildman–Crippen MR) is 101 cm³/mol. The van der Waals surface area contributed by atoms with E-state index in [0.29, 0.717) is 31.0 Å². The molecule has 2 aromatic heterocycles. The lowest BCUT2D eigenvalue weighted by Crippen LogP contribution is -2.20. The van der Waals surface area contributed by atoms with Crippen LogP contribution in [0.3, 0.4) is 0 Å². The quantitative estimate of drug-likeness (QED) is 0.748. The molecule has 1 aliphatic rings. The minimum Gasteiger partial charge on any atom is -0.381 e. The Morgan fingerprint density at radius 2 is 2.04 bits per heavy atom. The molecule has 1 aliphatic heterocycles. The van der Waals surface area contributed by atoms with Gasteiger partial charge in [-0.3, -0.25) is 4.79 Å². The summed E-state index contributed by atoms with van der Waals surface area (Å²) in [4.78, 5) is 24.4. The van der Waals surface area contributed by atoms with Gasteiger partial charge in [-0.25, -0.2) is 14.6 Å². The van der Waals surface area contributed by atoms with E-state index in [0.717, 1.165) is 35.9 Å². The van der Waals surface area contributed by atoms with Crippen molar-refractivity contribution in [3.05, 3.63) is 75.0 Å². The number of hydrogen-bond donors (Lipinski definition) is 1. The first-order valence-electron chi connectivity index (χ1n) is 9.22. The van der Waals surface area contributed by atoms with Crippen molar-refractivity contribution in [2.75, 3.05) is 13.2 Å². The van der Waals surface area contributed by atoms with E-state index in [9.17, 15) is 4.79 Å². The lowest BCUT2D eigenvalue weighted by atomic mass is 10.1. The molecule has 1 atom stereocenters. The number of rotatable bonds is 5. The first-order valence-corrected chi connectivity index (χ1v) is 9.22. The molecule has 27 heavy (non-hydrogen) atoms. The second kappa shape index (κ2) is 7.44. The number of aryl methyl sites for hydroxylation is 2. The van der Waals surface area contributed by atoms with Gasteiger partial charge in [0.2, 0.25) is 0 Å². The second-order valence-electron chi connectivity index (χ2n) is 6.98. The Labute approximate surface area is 157 Å². The van der Waals surface area contributed by atoms with Gasteiger partial charge in [0.05, 0.1) is 13.2 Å². The van der Waals surface area contributed by atoms with Gasteiger partial charge in [-0.15, -0.1) is 0 Å². The molecule has 0 unspecified atom stereocenters. The molecule has 0 bridgehead atoms. The summed E-state index contributed by atoms with van der Waals surface area (Å²) in [5.41, 5.74) is 2.40. The van der Waals surface area contributed by atoms with Crippen molar-refractivity contribution in [2.24, 2.45) is 0 Å². The third-order valence-corrected chi connectivity index (χ3v) is 4.91. The van der Waals surface area contributed by atoms with Gasteiger partial charge in [0, 0.05) is 30.2 Å². The van der Waals surface area contributed by atoms with Crippen molar-refractivity contribution in [2.45, 2.75) is 39.2 Å². The molecular formula is C20H23N5O2. The number of aromatic amines is 1. The number of benzene rings is 1. The van der Waals surface area contributed by atoms with Crippen LogP contribution in [0.25, 0.3) is 0 Å². The highest BCUT2D eigenvalue weighted by Crippen LogP contribution is 2.23. The highest BCUT2D eigenvalue weighted by molar-refractivity contribution is 5.22. The standard InChI is InChI=1S/C20H23N5O2/c1-13-17(20(26)22-14(2)21-13)10-18-23-19(16-8-9-27-12-16)24-25(18)11-15-6-4-3-5-7-15/h3-7,16H,8-12H2,1-2H3,(H,21,22,26)/t16-/m1/s1. The largest absolute Gasteiger partial charge is 0.381 e. The third kappa shape index (κ3) is 3.83. The fourth-order valence-corrected chi connectivity index (χ4v) is 3.44. The highest BCUT2D eigenvalue weighted by atomic mass is 16.5. The molecule has 3 aromatic rings. The molecule has 0 amide bonds. The van der Waals surface area contributed by atoms with E-state index in [-0.39, 0.29) is 11.5 Å². The normalized spacial score (nSPS) is 16.7. The molecule has 1 aromatic carbocycles. The number of H-pyrrole nitrogens is 1. The monoisotopic (exact) mass is 365 g/mol. The van der Waals surface area contributed by atoms with Crippen LogP contribution >= 0.6 is 0 Å². The lowest BCUT2D eigenvalue weighted by Gasteiger charge is -2.08. The summed E-state index contributed by atoms with van der Waals surface area (Å²) in [6, 6.07) is 10.1. The van der Waals surface area contributed by atoms with Gasteiger partial charge in [0.25, 0.3) is 5.56 Å². The number of hydrogen-bond acceptors (Lipinski definition) is 5. The molecule has 3 heterocycles. The topological polar surface area (TPSA) is 85.7 Å². The minimum absolute atomic E-state index is 0.111. The predicted octanol–water partition coefficient (Wildman–Crippen LogP) is 2.12. The number of nitrogens with one attached hydrogen (secondary N) is 1. The van der Waals surface area contributed by atoms with Crippen LogP contribution in [-0.4, -0.2) is 37.9 Å². The van der Waals surface area contributed by atoms with Crippen molar-refractivity contribution >= 4 is 0 Å². The first-order chi connectivity index (χ1) is 13.1. The smallest absolute Gasteiger partial charge is 0.254 e. The van der Waals surface area contributed by atoms with E-state index in [1.54, 1.807) is 6.92 Å². The number of ether oxygens (including phenoxy) is 1. The van der Waals surface area contributed by atoms with Gasteiger partial charge < -0.3 is 9.72 Å². The maximum Gasteiger partial charge on any atom is 0.254 e. The maximum absolute atomic E-state index is 12.4. The van der Waals surface area contributed by atoms with E-state index >= 15 is 0 Å². The summed E-state index contributed by atoms with van der Waals surface area (Å²) >= 11 is 0. The van der Waals surface area contributed by atoms with Gasteiger partial charge in [0.1, 0.15) is 11.6 Å². The zero-order chi connectivity index (χ0) is 18.8. The van der Waals surface area contributed by atoms with Crippen molar-refractivity contribution in [3.8, 4) is 0 Å². The van der Waals surface area contributed by atoms with E-state index in [4.69, 9.17) is 14.8 Å². The molecule has 0 radical (unpaired) electrons. The number of nitrogens with zero attached hydrogens (tertiary/aromatic N) is 4. The molecule has 0 saturated carbocycles. The molecule has 7 heteroatoms. The van der Waals surface area contributed by atoms with E-state index in [1.807, 2.05) is 29.8 Å². The van der Waals surface area contributed by atoms with E-state index in [2.05, 4.69) is 22.1 Å². The Bertz CT molecular complexity index is 987. The van der Waals surface area contributed by atoms with Crippen molar-refractivity contribution in [3.63, 3.8) is 0 Å². The second-order valence-corrected chi connectivity index (χ2v) is 6.98. The van der Waals surface area contributed by atoms with Crippen LogP contribution < -0.4 is 5.56 Å². The molecular weight excluding hydrogens is 342 g/mol. The molecule has 0 aliphatic carbocycles. The van der Waals surface area contributed by atoms with Gasteiger partial charge in [0.15, 0.2) is 5.82 Å². The Hall–Kier alpha value is -2.80.